The molecule has 0 saturated heterocycles. The fourth-order valence-corrected chi connectivity index (χ4v) is 1.77. The second-order valence-corrected chi connectivity index (χ2v) is 4.04. The second-order valence-electron chi connectivity index (χ2n) is 3.01. The van der Waals surface area contributed by atoms with Crippen LogP contribution in [0.15, 0.2) is 0 Å². The van der Waals surface area contributed by atoms with Crippen LogP contribution < -0.4 is 11.1 Å². The molecule has 0 radical (unpaired) electrons. The number of carboxylic acid groups (broad SMARTS) is 1. The van der Waals surface area contributed by atoms with Gasteiger partial charge in [-0.25, -0.2) is 9.78 Å². The Balaban J connectivity index is 2.79. The lowest BCUT2D eigenvalue weighted by atomic mass is 10.3. The van der Waals surface area contributed by atoms with E-state index in [9.17, 15) is 9.59 Å². The Hall–Kier alpha value is -1.67. The summed E-state index contributed by atoms with van der Waals surface area (Å²) < 4.78 is 0. The number of nitrogens with two attached hydrogens (primary N) is 1. The van der Waals surface area contributed by atoms with Crippen LogP contribution in [0.4, 0.5) is 5.13 Å². The van der Waals surface area contributed by atoms with E-state index >= 15 is 0 Å². The summed E-state index contributed by atoms with van der Waals surface area (Å²) in [4.78, 5) is 26.2. The third kappa shape index (κ3) is 2.67. The number of hydrogen-bond acceptors (Lipinski definition) is 6. The lowest BCUT2D eigenvalue weighted by molar-refractivity contribution is -0.140. The van der Waals surface area contributed by atoms with Crippen LogP contribution in [0.25, 0.3) is 0 Å². The molecule has 0 fully saturated rings. The van der Waals surface area contributed by atoms with Crippen molar-refractivity contribution in [2.24, 2.45) is 0 Å². The van der Waals surface area contributed by atoms with E-state index in [0.29, 0.717) is 5.69 Å². The van der Waals surface area contributed by atoms with Crippen LogP contribution in [-0.4, -0.2) is 39.7 Å². The van der Waals surface area contributed by atoms with Gasteiger partial charge in [0.2, 0.25) is 0 Å². The fourth-order valence-electron chi connectivity index (χ4n) is 1.04. The number of aliphatic hydroxyl groups excluding tert-OH is 1. The zero-order chi connectivity index (χ0) is 12.3. The van der Waals surface area contributed by atoms with Crippen molar-refractivity contribution >= 4 is 28.3 Å². The zero-order valence-electron chi connectivity index (χ0n) is 8.43. The molecule has 0 unspecified atom stereocenters. The number of carbonyl (C=O) groups is 2. The molecule has 8 heteroatoms. The summed E-state index contributed by atoms with van der Waals surface area (Å²) in [6, 6.07) is -1.32. The molecule has 1 amide bonds. The van der Waals surface area contributed by atoms with Gasteiger partial charge in [-0.1, -0.05) is 11.3 Å². The maximum absolute atomic E-state index is 11.6. The van der Waals surface area contributed by atoms with Crippen molar-refractivity contribution in [2.75, 3.05) is 12.3 Å². The van der Waals surface area contributed by atoms with Crippen molar-refractivity contribution in [3.8, 4) is 0 Å². The van der Waals surface area contributed by atoms with Gasteiger partial charge in [-0.3, -0.25) is 4.79 Å². The van der Waals surface area contributed by atoms with E-state index in [1.807, 2.05) is 0 Å². The van der Waals surface area contributed by atoms with Crippen molar-refractivity contribution < 1.29 is 19.8 Å². The van der Waals surface area contributed by atoms with Crippen LogP contribution in [0.5, 0.6) is 0 Å². The highest BCUT2D eigenvalue weighted by molar-refractivity contribution is 7.17. The Morgan fingerprint density at radius 1 is 1.62 bits per heavy atom. The number of carboxylic acids is 1. The first kappa shape index (κ1) is 12.4. The number of nitrogens with one attached hydrogen (secondary N) is 1. The third-order valence-corrected chi connectivity index (χ3v) is 2.79. The molecule has 5 N–H and O–H groups in total. The normalized spacial score (nSPS) is 12.1. The van der Waals surface area contributed by atoms with Crippen LogP contribution in [0.3, 0.4) is 0 Å². The van der Waals surface area contributed by atoms with Gasteiger partial charge < -0.3 is 21.3 Å². The first-order valence-corrected chi connectivity index (χ1v) is 5.14. The summed E-state index contributed by atoms with van der Waals surface area (Å²) in [7, 11) is 0. The molecule has 0 aliphatic heterocycles. The molecule has 0 aliphatic carbocycles. The highest BCUT2D eigenvalue weighted by Gasteiger charge is 2.22. The first-order valence-electron chi connectivity index (χ1n) is 4.33. The van der Waals surface area contributed by atoms with Gasteiger partial charge in [0, 0.05) is 0 Å². The average molecular weight is 245 g/mol. The topological polar surface area (TPSA) is 126 Å². The third-order valence-electron chi connectivity index (χ3n) is 1.81. The van der Waals surface area contributed by atoms with Gasteiger partial charge >= 0.3 is 5.97 Å². The number of hydrogen-bond donors (Lipinski definition) is 4. The molecule has 1 aromatic heterocycles. The minimum Gasteiger partial charge on any atom is -0.480 e. The molecule has 1 aromatic rings. The molecule has 0 spiro atoms. The number of aromatic nitrogens is 1. The van der Waals surface area contributed by atoms with Crippen LogP contribution in [-0.2, 0) is 4.79 Å². The van der Waals surface area contributed by atoms with Crippen LogP contribution in [0.2, 0.25) is 0 Å². The molecule has 88 valence electrons. The number of carbonyl (C=O) groups excluding carboxylic acids is 1. The second kappa shape index (κ2) is 4.90. The van der Waals surface area contributed by atoms with E-state index < -0.39 is 24.5 Å². The van der Waals surface area contributed by atoms with Gasteiger partial charge in [-0.2, -0.15) is 0 Å². The van der Waals surface area contributed by atoms with E-state index in [0.717, 1.165) is 11.3 Å². The molecule has 0 aliphatic rings. The van der Waals surface area contributed by atoms with Gasteiger partial charge in [0.15, 0.2) is 11.2 Å². The van der Waals surface area contributed by atoms with Crippen LogP contribution >= 0.6 is 11.3 Å². The molecular formula is C8H11N3O4S. The van der Waals surface area contributed by atoms with Gasteiger partial charge in [-0.05, 0) is 6.92 Å². The predicted octanol–water partition coefficient (Wildman–Crippen LogP) is -0.791. The number of aliphatic carboxylic acids is 1. The number of anilines is 1. The Bertz CT molecular complexity index is 417. The number of nitrogen functional groups attached to an aromatic ring is 1. The summed E-state index contributed by atoms with van der Waals surface area (Å²) in [5, 5.41) is 19.8. The highest BCUT2D eigenvalue weighted by atomic mass is 32.1. The molecular weight excluding hydrogens is 234 g/mol. The monoisotopic (exact) mass is 245 g/mol. The minimum absolute atomic E-state index is 0.235. The minimum atomic E-state index is -1.32. The largest absolute Gasteiger partial charge is 0.480 e. The number of thiazole rings is 1. The number of aliphatic hydroxyl groups is 1. The van der Waals surface area contributed by atoms with Crippen molar-refractivity contribution in [3.63, 3.8) is 0 Å². The summed E-state index contributed by atoms with van der Waals surface area (Å²) in [6.45, 7) is 0.922. The van der Waals surface area contributed by atoms with Gasteiger partial charge in [0.25, 0.3) is 5.91 Å². The Labute approximate surface area is 94.9 Å². The van der Waals surface area contributed by atoms with E-state index in [-0.39, 0.29) is 10.0 Å². The predicted molar refractivity (Wildman–Crippen MR) is 57.2 cm³/mol. The van der Waals surface area contributed by atoms with E-state index in [2.05, 4.69) is 10.3 Å². The molecule has 0 aromatic carbocycles. The molecule has 0 saturated carbocycles. The van der Waals surface area contributed by atoms with E-state index in [1.54, 1.807) is 6.92 Å². The number of amides is 1. The zero-order valence-corrected chi connectivity index (χ0v) is 9.24. The summed E-state index contributed by atoms with van der Waals surface area (Å²) in [5.41, 5.74) is 5.83. The van der Waals surface area contributed by atoms with Gasteiger partial charge in [0.1, 0.15) is 4.88 Å². The maximum atomic E-state index is 11.6. The van der Waals surface area contributed by atoms with Gasteiger partial charge in [-0.15, -0.1) is 0 Å². The van der Waals surface area contributed by atoms with Crippen molar-refractivity contribution in [2.45, 2.75) is 13.0 Å². The average Bonchev–Trinajstić information content (AvgIpc) is 2.53. The van der Waals surface area contributed by atoms with Crippen molar-refractivity contribution in [1.82, 2.24) is 10.3 Å². The lowest BCUT2D eigenvalue weighted by Gasteiger charge is -2.10. The number of nitrogens with zero attached hydrogens (tertiary/aromatic N) is 1. The fraction of sp³-hybridized carbons (Fsp3) is 0.375. The van der Waals surface area contributed by atoms with Crippen LogP contribution in [0, 0.1) is 6.92 Å². The SMILES string of the molecule is Cc1nc(N)sc1C(=O)N[C@@H](CO)C(=O)O. The molecule has 1 rings (SSSR count). The lowest BCUT2D eigenvalue weighted by Crippen LogP contribution is -2.43. The Morgan fingerprint density at radius 2 is 2.25 bits per heavy atom. The number of rotatable bonds is 4. The van der Waals surface area contributed by atoms with E-state index in [4.69, 9.17) is 15.9 Å². The summed E-state index contributed by atoms with van der Waals surface area (Å²) in [5.74, 6) is -1.90. The Kier molecular flexibility index (Phi) is 3.80. The maximum Gasteiger partial charge on any atom is 0.328 e. The molecule has 7 nitrogen and oxygen atoms in total. The van der Waals surface area contributed by atoms with Crippen molar-refractivity contribution in [1.29, 1.82) is 0 Å². The molecule has 1 heterocycles. The smallest absolute Gasteiger partial charge is 0.328 e. The number of aryl methyl sites for hydroxylation is 1. The molecule has 16 heavy (non-hydrogen) atoms. The van der Waals surface area contributed by atoms with Crippen LogP contribution in [0.1, 0.15) is 15.4 Å². The standard InChI is InChI=1S/C8H11N3O4S/c1-3-5(16-8(9)10-3)6(13)11-4(2-12)7(14)15/h4,12H,2H2,1H3,(H2,9,10)(H,11,13)(H,14,15)/t4-/m0/s1. The molecule has 1 atom stereocenters. The van der Waals surface area contributed by atoms with Gasteiger partial charge in [0.05, 0.1) is 12.3 Å². The molecule has 0 bridgehead atoms. The Morgan fingerprint density at radius 3 is 2.62 bits per heavy atom. The van der Waals surface area contributed by atoms with Crippen molar-refractivity contribution in [3.05, 3.63) is 10.6 Å². The first-order chi connectivity index (χ1) is 7.45. The quantitative estimate of drug-likeness (QED) is 0.550. The summed E-state index contributed by atoms with van der Waals surface area (Å²) in [6.07, 6.45) is 0. The van der Waals surface area contributed by atoms with E-state index in [1.165, 1.54) is 0 Å². The summed E-state index contributed by atoms with van der Waals surface area (Å²) >= 11 is 0.967. The highest BCUT2D eigenvalue weighted by Crippen LogP contribution is 2.19.